The fraction of sp³-hybridized carbons (Fsp3) is 0. The van der Waals surface area contributed by atoms with Gasteiger partial charge < -0.3 is 0 Å². The number of benzene rings is 7. The van der Waals surface area contributed by atoms with Crippen molar-refractivity contribution in [3.63, 3.8) is 0 Å². The normalized spacial score (nSPS) is 11.2. The fourth-order valence-electron chi connectivity index (χ4n) is 5.77. The zero-order valence-electron chi connectivity index (χ0n) is 21.0. The zero-order valence-corrected chi connectivity index (χ0v) is 21.0. The molecule has 0 radical (unpaired) electrons. The summed E-state index contributed by atoms with van der Waals surface area (Å²) >= 11 is 0. The van der Waals surface area contributed by atoms with Crippen molar-refractivity contribution in [1.29, 1.82) is 0 Å². The van der Waals surface area contributed by atoms with Crippen LogP contribution in [0.4, 0.5) is 0 Å². The number of hydrogen-bond acceptors (Lipinski definition) is 0. The van der Waals surface area contributed by atoms with Gasteiger partial charge in [-0.05, 0) is 72.1 Å². The highest BCUT2D eigenvalue weighted by atomic mass is 14.2. The molecular formula is C38H26. The van der Waals surface area contributed by atoms with Gasteiger partial charge in [0.2, 0.25) is 0 Å². The molecule has 0 amide bonds. The minimum Gasteiger partial charge on any atom is -0.0622 e. The summed E-state index contributed by atoms with van der Waals surface area (Å²) < 4.78 is 0. The molecule has 0 N–H and O–H groups in total. The van der Waals surface area contributed by atoms with Crippen LogP contribution in [0.25, 0.3) is 66.1 Å². The van der Waals surface area contributed by atoms with Crippen molar-refractivity contribution in [1.82, 2.24) is 0 Å². The monoisotopic (exact) mass is 482 g/mol. The van der Waals surface area contributed by atoms with Crippen molar-refractivity contribution < 1.29 is 0 Å². The van der Waals surface area contributed by atoms with Gasteiger partial charge in [0.15, 0.2) is 0 Å². The second-order valence-corrected chi connectivity index (χ2v) is 9.70. The van der Waals surface area contributed by atoms with Gasteiger partial charge in [0.25, 0.3) is 0 Å². The number of fused-ring (bicyclic) bond motifs is 2. The molecular weight excluding hydrogens is 456 g/mol. The molecule has 0 nitrogen and oxygen atoms in total. The first-order valence-corrected chi connectivity index (χ1v) is 13.1. The van der Waals surface area contributed by atoms with Gasteiger partial charge in [0.1, 0.15) is 0 Å². The Kier molecular flexibility index (Phi) is 5.57. The lowest BCUT2D eigenvalue weighted by atomic mass is 9.83. The lowest BCUT2D eigenvalue weighted by Crippen LogP contribution is -1.93. The zero-order chi connectivity index (χ0) is 25.3. The molecule has 7 aromatic carbocycles. The minimum atomic E-state index is 1.23. The van der Waals surface area contributed by atoms with Crippen molar-refractivity contribution in [3.8, 4) is 44.5 Å². The van der Waals surface area contributed by atoms with Crippen LogP contribution in [0.3, 0.4) is 0 Å². The van der Waals surface area contributed by atoms with Crippen LogP contribution in [0.15, 0.2) is 158 Å². The van der Waals surface area contributed by atoms with E-state index in [2.05, 4.69) is 158 Å². The quantitative estimate of drug-likeness (QED) is 0.219. The molecule has 0 bridgehead atoms. The molecule has 7 rings (SSSR count). The van der Waals surface area contributed by atoms with Crippen molar-refractivity contribution in [3.05, 3.63) is 158 Å². The summed E-state index contributed by atoms with van der Waals surface area (Å²) in [6.07, 6.45) is 0. The van der Waals surface area contributed by atoms with E-state index in [4.69, 9.17) is 0 Å². The van der Waals surface area contributed by atoms with E-state index in [0.29, 0.717) is 0 Å². The molecule has 0 heterocycles. The van der Waals surface area contributed by atoms with Gasteiger partial charge in [0, 0.05) is 0 Å². The lowest BCUT2D eigenvalue weighted by Gasteiger charge is -2.20. The molecule has 0 aliphatic carbocycles. The van der Waals surface area contributed by atoms with Gasteiger partial charge in [0.05, 0.1) is 0 Å². The predicted molar refractivity (Wildman–Crippen MR) is 163 cm³/mol. The van der Waals surface area contributed by atoms with E-state index in [0.717, 1.165) is 0 Å². The number of rotatable bonds is 4. The molecule has 0 saturated heterocycles. The van der Waals surface area contributed by atoms with E-state index in [-0.39, 0.29) is 0 Å². The summed E-state index contributed by atoms with van der Waals surface area (Å²) in [6.45, 7) is 0. The summed E-state index contributed by atoms with van der Waals surface area (Å²) in [7, 11) is 0. The van der Waals surface area contributed by atoms with E-state index >= 15 is 0 Å². The average Bonchev–Trinajstić information content (AvgIpc) is 3.01. The van der Waals surface area contributed by atoms with Gasteiger partial charge in [-0.25, -0.2) is 0 Å². The van der Waals surface area contributed by atoms with Crippen LogP contribution in [-0.2, 0) is 0 Å². The van der Waals surface area contributed by atoms with Crippen molar-refractivity contribution in [2.45, 2.75) is 0 Å². The van der Waals surface area contributed by atoms with E-state index in [9.17, 15) is 0 Å². The fourth-order valence-corrected chi connectivity index (χ4v) is 5.77. The maximum absolute atomic E-state index is 2.38. The van der Waals surface area contributed by atoms with Crippen LogP contribution in [0.1, 0.15) is 0 Å². The predicted octanol–water partition coefficient (Wildman–Crippen LogP) is 10.7. The lowest BCUT2D eigenvalue weighted by molar-refractivity contribution is 1.60. The summed E-state index contributed by atoms with van der Waals surface area (Å²) in [6, 6.07) is 56.9. The highest BCUT2D eigenvalue weighted by molar-refractivity contribution is 6.22. The average molecular weight is 483 g/mol. The molecule has 0 fully saturated rings. The van der Waals surface area contributed by atoms with Crippen molar-refractivity contribution in [2.24, 2.45) is 0 Å². The summed E-state index contributed by atoms with van der Waals surface area (Å²) in [5.74, 6) is 0. The molecule has 0 unspecified atom stereocenters. The molecule has 0 heteroatoms. The first-order valence-electron chi connectivity index (χ1n) is 13.1. The van der Waals surface area contributed by atoms with Gasteiger partial charge in [-0.15, -0.1) is 0 Å². The molecule has 178 valence electrons. The van der Waals surface area contributed by atoms with Gasteiger partial charge in [-0.2, -0.15) is 0 Å². The van der Waals surface area contributed by atoms with Crippen molar-refractivity contribution in [2.75, 3.05) is 0 Å². The Morgan fingerprint density at radius 1 is 0.237 bits per heavy atom. The van der Waals surface area contributed by atoms with Gasteiger partial charge >= 0.3 is 0 Å². The Labute approximate surface area is 223 Å². The molecule has 0 atom stereocenters. The second kappa shape index (κ2) is 9.50. The second-order valence-electron chi connectivity index (χ2n) is 9.70. The topological polar surface area (TPSA) is 0 Å². The molecule has 0 spiro atoms. The molecule has 0 aromatic heterocycles. The van der Waals surface area contributed by atoms with Gasteiger partial charge in [-0.1, -0.05) is 152 Å². The highest BCUT2D eigenvalue weighted by Crippen LogP contribution is 2.46. The standard InChI is InChI=1S/C38H26/c1-4-14-27(15-5-1)30-24-25-35-36(26-30)37(29-18-8-3-9-19-29)33-22-12-13-23-34(33)38(35)32-21-11-10-20-31(32)28-16-6-2-7-17-28/h1-26H. The van der Waals surface area contributed by atoms with Crippen LogP contribution >= 0.6 is 0 Å². The molecule has 0 saturated carbocycles. The van der Waals surface area contributed by atoms with Crippen molar-refractivity contribution >= 4 is 21.5 Å². The molecule has 0 aliphatic rings. The van der Waals surface area contributed by atoms with Crippen LogP contribution in [0, 0.1) is 0 Å². The summed E-state index contributed by atoms with van der Waals surface area (Å²) in [5.41, 5.74) is 10.0. The Bertz CT molecular complexity index is 1880. The Balaban J connectivity index is 1.64. The third-order valence-electron chi connectivity index (χ3n) is 7.47. The molecule has 0 aliphatic heterocycles. The Hall–Kier alpha value is -4.94. The number of hydrogen-bond donors (Lipinski definition) is 0. The van der Waals surface area contributed by atoms with E-state index < -0.39 is 0 Å². The minimum absolute atomic E-state index is 1.23. The summed E-state index contributed by atoms with van der Waals surface area (Å²) in [4.78, 5) is 0. The maximum atomic E-state index is 2.38. The van der Waals surface area contributed by atoms with Crippen LogP contribution in [0.5, 0.6) is 0 Å². The molecule has 38 heavy (non-hydrogen) atoms. The summed E-state index contributed by atoms with van der Waals surface area (Å²) in [5, 5.41) is 5.09. The first-order chi connectivity index (χ1) is 18.9. The molecule has 7 aromatic rings. The van der Waals surface area contributed by atoms with Crippen LogP contribution in [0.2, 0.25) is 0 Å². The highest BCUT2D eigenvalue weighted by Gasteiger charge is 2.19. The Morgan fingerprint density at radius 2 is 0.711 bits per heavy atom. The van der Waals surface area contributed by atoms with Crippen LogP contribution in [-0.4, -0.2) is 0 Å². The van der Waals surface area contributed by atoms with Crippen LogP contribution < -0.4 is 0 Å². The third-order valence-corrected chi connectivity index (χ3v) is 7.47. The first kappa shape index (κ1) is 22.3. The Morgan fingerprint density at radius 3 is 1.37 bits per heavy atom. The third kappa shape index (κ3) is 3.79. The maximum Gasteiger partial charge on any atom is -0.00201 e. The smallest absolute Gasteiger partial charge is 0.00201 e. The van der Waals surface area contributed by atoms with E-state index in [1.807, 2.05) is 0 Å². The van der Waals surface area contributed by atoms with E-state index in [1.165, 1.54) is 66.1 Å². The SMILES string of the molecule is c1ccc(-c2ccc3c(-c4ccccc4-c4ccccc4)c4ccccc4c(-c4ccccc4)c3c2)cc1. The van der Waals surface area contributed by atoms with Gasteiger partial charge in [-0.3, -0.25) is 0 Å². The van der Waals surface area contributed by atoms with E-state index in [1.54, 1.807) is 0 Å². The largest absolute Gasteiger partial charge is 0.0622 e.